The summed E-state index contributed by atoms with van der Waals surface area (Å²) in [4.78, 5) is 30.8. The average molecular weight is 554 g/mol. The van der Waals surface area contributed by atoms with Gasteiger partial charge in [0.15, 0.2) is 5.02 Å². The molecule has 0 saturated heterocycles. The zero-order valence-corrected chi connectivity index (χ0v) is 21.3. The molecule has 1 aliphatic heterocycles. The fraction of sp³-hybridized carbons (Fsp3) is 0.261. The zero-order valence-electron chi connectivity index (χ0n) is 19.7. The van der Waals surface area contributed by atoms with Gasteiger partial charge in [0.25, 0.3) is 5.56 Å². The minimum absolute atomic E-state index is 0.00351. The summed E-state index contributed by atoms with van der Waals surface area (Å²) in [5.74, 6) is -2.08. The Morgan fingerprint density at radius 1 is 1.19 bits per heavy atom. The van der Waals surface area contributed by atoms with E-state index in [2.05, 4.69) is 10.3 Å². The van der Waals surface area contributed by atoms with Crippen LogP contribution in [0.4, 0.5) is 20.2 Å². The number of nitrogens with zero attached hydrogens (tertiary/aromatic N) is 4. The number of aromatic nitrogens is 2. The summed E-state index contributed by atoms with van der Waals surface area (Å²) in [5.41, 5.74) is 0.737. The van der Waals surface area contributed by atoms with Crippen LogP contribution in [-0.4, -0.2) is 50.4 Å². The molecule has 2 heterocycles. The molecule has 37 heavy (non-hydrogen) atoms. The molecule has 1 amide bonds. The Balaban J connectivity index is 1.58. The van der Waals surface area contributed by atoms with Crippen molar-refractivity contribution < 1.29 is 26.7 Å². The summed E-state index contributed by atoms with van der Waals surface area (Å²) in [5, 5.41) is 2.42. The molecule has 1 aromatic heterocycles. The van der Waals surface area contributed by atoms with E-state index in [-0.39, 0.29) is 48.7 Å². The maximum absolute atomic E-state index is 13.8. The van der Waals surface area contributed by atoms with Crippen LogP contribution in [0.25, 0.3) is 0 Å². The van der Waals surface area contributed by atoms with Crippen LogP contribution in [0.15, 0.2) is 47.5 Å². The number of ether oxygens (including phenoxy) is 1. The van der Waals surface area contributed by atoms with Gasteiger partial charge in [-0.2, -0.15) is 0 Å². The standard InChI is InChI=1S/C23H22ClF2N5O5S/c1-27-9-20(32)30-13-31(37(2,34)35)18-6-3-14(7-19(18)30)10-29-12-28-22(21(24)23(29)33)36-11-15-4-5-16(25)8-17(15)26/h3-8,12,27H,9-11,13H2,1-2H3. The first-order chi connectivity index (χ1) is 17.5. The Morgan fingerprint density at radius 3 is 2.62 bits per heavy atom. The van der Waals surface area contributed by atoms with Crippen LogP contribution in [-0.2, 0) is 28.0 Å². The molecule has 0 bridgehead atoms. The third-order valence-electron chi connectivity index (χ3n) is 5.58. The van der Waals surface area contributed by atoms with Crippen molar-refractivity contribution in [3.05, 3.63) is 80.9 Å². The average Bonchev–Trinajstić information content (AvgIpc) is 3.22. The van der Waals surface area contributed by atoms with E-state index in [1.54, 1.807) is 25.2 Å². The third-order valence-corrected chi connectivity index (χ3v) is 7.02. The summed E-state index contributed by atoms with van der Waals surface area (Å²) >= 11 is 6.15. The van der Waals surface area contributed by atoms with Crippen molar-refractivity contribution in [2.24, 2.45) is 0 Å². The van der Waals surface area contributed by atoms with Gasteiger partial charge in [-0.05, 0) is 36.9 Å². The topological polar surface area (TPSA) is 114 Å². The molecule has 1 aliphatic rings. The second-order valence-corrected chi connectivity index (χ2v) is 10.5. The van der Waals surface area contributed by atoms with Crippen LogP contribution in [0.3, 0.4) is 0 Å². The van der Waals surface area contributed by atoms with Gasteiger partial charge in [-0.3, -0.25) is 19.1 Å². The van der Waals surface area contributed by atoms with Crippen LogP contribution < -0.4 is 24.8 Å². The molecule has 0 spiro atoms. The van der Waals surface area contributed by atoms with Crippen molar-refractivity contribution >= 4 is 38.9 Å². The Kier molecular flexibility index (Phi) is 7.48. The number of rotatable bonds is 8. The van der Waals surface area contributed by atoms with Crippen LogP contribution in [0.1, 0.15) is 11.1 Å². The molecule has 0 radical (unpaired) electrons. The predicted molar refractivity (Wildman–Crippen MR) is 133 cm³/mol. The number of carbonyl (C=O) groups excluding carboxylic acids is 1. The van der Waals surface area contributed by atoms with Crippen molar-refractivity contribution in [3.8, 4) is 5.88 Å². The van der Waals surface area contributed by atoms with Crippen molar-refractivity contribution in [2.45, 2.75) is 13.2 Å². The molecule has 0 atom stereocenters. The molecule has 3 aromatic rings. The van der Waals surface area contributed by atoms with E-state index >= 15 is 0 Å². The van der Waals surface area contributed by atoms with Gasteiger partial charge >= 0.3 is 0 Å². The fourth-order valence-corrected chi connectivity index (χ4v) is 4.81. The van der Waals surface area contributed by atoms with Gasteiger partial charge in [0.05, 0.1) is 30.7 Å². The predicted octanol–water partition coefficient (Wildman–Crippen LogP) is 2.09. The molecule has 10 nitrogen and oxygen atoms in total. The number of halogens is 3. The highest BCUT2D eigenvalue weighted by Gasteiger charge is 2.34. The molecular formula is C23H22ClF2N5O5S. The number of hydrogen-bond donors (Lipinski definition) is 1. The van der Waals surface area contributed by atoms with Crippen LogP contribution in [0.5, 0.6) is 5.88 Å². The fourth-order valence-electron chi connectivity index (χ4n) is 3.76. The number of carbonyl (C=O) groups is 1. The van der Waals surface area contributed by atoms with E-state index < -0.39 is 27.2 Å². The number of amides is 1. The summed E-state index contributed by atoms with van der Waals surface area (Å²) in [6.45, 7) is -0.464. The number of anilines is 2. The van der Waals surface area contributed by atoms with E-state index in [1.807, 2.05) is 0 Å². The first kappa shape index (κ1) is 26.5. The van der Waals surface area contributed by atoms with Crippen LogP contribution >= 0.6 is 11.6 Å². The largest absolute Gasteiger partial charge is 0.471 e. The van der Waals surface area contributed by atoms with E-state index in [0.29, 0.717) is 23.0 Å². The SMILES string of the molecule is CNCC(=O)N1CN(S(C)(=O)=O)c2ccc(Cn3cnc(OCc4ccc(F)cc4F)c(Cl)c3=O)cc21. The van der Waals surface area contributed by atoms with Gasteiger partial charge < -0.3 is 10.1 Å². The van der Waals surface area contributed by atoms with E-state index in [1.165, 1.54) is 21.9 Å². The number of fused-ring (bicyclic) bond motifs is 1. The second kappa shape index (κ2) is 10.4. The molecule has 0 fully saturated rings. The summed E-state index contributed by atoms with van der Waals surface area (Å²) in [7, 11) is -2.03. The molecule has 1 N–H and O–H groups in total. The Hall–Kier alpha value is -3.55. The highest BCUT2D eigenvalue weighted by molar-refractivity contribution is 7.92. The van der Waals surface area contributed by atoms with Gasteiger partial charge in [-0.1, -0.05) is 17.7 Å². The maximum atomic E-state index is 13.8. The molecule has 196 valence electrons. The molecular weight excluding hydrogens is 532 g/mol. The monoisotopic (exact) mass is 553 g/mol. The quantitative estimate of drug-likeness (QED) is 0.454. The first-order valence-electron chi connectivity index (χ1n) is 10.9. The van der Waals surface area contributed by atoms with Gasteiger partial charge in [-0.25, -0.2) is 26.5 Å². The lowest BCUT2D eigenvalue weighted by atomic mass is 10.1. The minimum Gasteiger partial charge on any atom is -0.471 e. The summed E-state index contributed by atoms with van der Waals surface area (Å²) in [6.07, 6.45) is 2.25. The maximum Gasteiger partial charge on any atom is 0.276 e. The zero-order chi connectivity index (χ0) is 26.9. The van der Waals surface area contributed by atoms with E-state index in [0.717, 1.165) is 16.6 Å². The van der Waals surface area contributed by atoms with E-state index in [4.69, 9.17) is 16.3 Å². The third kappa shape index (κ3) is 5.58. The lowest BCUT2D eigenvalue weighted by molar-refractivity contribution is -0.117. The molecule has 2 aromatic carbocycles. The molecule has 0 aliphatic carbocycles. The smallest absolute Gasteiger partial charge is 0.276 e. The van der Waals surface area contributed by atoms with E-state index in [9.17, 15) is 26.8 Å². The van der Waals surface area contributed by atoms with Gasteiger partial charge in [0.1, 0.15) is 31.2 Å². The van der Waals surface area contributed by atoms with Crippen molar-refractivity contribution in [2.75, 3.05) is 35.7 Å². The highest BCUT2D eigenvalue weighted by Crippen LogP contribution is 2.38. The Morgan fingerprint density at radius 2 is 1.95 bits per heavy atom. The Labute approximate surface area is 216 Å². The number of sulfonamides is 1. The van der Waals surface area contributed by atoms with Crippen molar-refractivity contribution in [1.82, 2.24) is 14.9 Å². The molecule has 0 unspecified atom stereocenters. The number of hydrogen-bond acceptors (Lipinski definition) is 7. The van der Waals surface area contributed by atoms with Crippen molar-refractivity contribution in [1.29, 1.82) is 0 Å². The lowest BCUT2D eigenvalue weighted by Crippen LogP contribution is -2.41. The number of benzene rings is 2. The number of nitrogens with one attached hydrogen (secondary N) is 1. The summed E-state index contributed by atoms with van der Waals surface area (Å²) in [6, 6.07) is 7.82. The molecule has 14 heteroatoms. The Bertz CT molecular complexity index is 1530. The van der Waals surface area contributed by atoms with Gasteiger partial charge in [-0.15, -0.1) is 0 Å². The molecule has 4 rings (SSSR count). The van der Waals surface area contributed by atoms with Crippen LogP contribution in [0.2, 0.25) is 5.02 Å². The van der Waals surface area contributed by atoms with Crippen LogP contribution in [0, 0.1) is 11.6 Å². The highest BCUT2D eigenvalue weighted by atomic mass is 35.5. The summed E-state index contributed by atoms with van der Waals surface area (Å²) < 4.78 is 59.1. The number of likely N-dealkylation sites (N-methyl/N-ethyl adjacent to an activating group) is 1. The lowest BCUT2D eigenvalue weighted by Gasteiger charge is -2.18. The van der Waals surface area contributed by atoms with Gasteiger partial charge in [0.2, 0.25) is 21.8 Å². The first-order valence-corrected chi connectivity index (χ1v) is 13.1. The minimum atomic E-state index is -3.64. The second-order valence-electron chi connectivity index (χ2n) is 8.25. The normalized spacial score (nSPS) is 13.1. The molecule has 0 saturated carbocycles. The van der Waals surface area contributed by atoms with Crippen molar-refractivity contribution in [3.63, 3.8) is 0 Å². The van der Waals surface area contributed by atoms with Gasteiger partial charge in [0, 0.05) is 11.6 Å².